The van der Waals surface area contributed by atoms with E-state index in [0.717, 1.165) is 0 Å². The van der Waals surface area contributed by atoms with Crippen LogP contribution in [0.15, 0.2) is 0 Å². The van der Waals surface area contributed by atoms with E-state index in [1.165, 1.54) is 6.92 Å². The molecule has 18 atom stereocenters. The summed E-state index contributed by atoms with van der Waals surface area (Å²) < 4.78 is 37.9. The normalized spacial score (nSPS) is 49.6. The lowest BCUT2D eigenvalue weighted by Gasteiger charge is -2.49. The molecule has 52 heavy (non-hydrogen) atoms. The van der Waals surface area contributed by atoms with Gasteiger partial charge in [0.1, 0.15) is 17.8 Å². The van der Waals surface area contributed by atoms with Crippen molar-refractivity contribution in [3.05, 3.63) is 0 Å². The SMILES string of the molecule is CC[C@H]1OC(=O)[C@H](C)[C@@H](O[C@H]2C[C@@](C)(OC)C(N)[C@H](C)O2)[C@H](C)[C@@H](O[C@@H]2O[C@H](C)C[C@H](N(C)C)[C@H]2O)[C@](C)(O)C[C@@H](C)N(C)C[C@H](C)[C@@H](O)[C@]1(C)O. The van der Waals surface area contributed by atoms with Gasteiger partial charge in [0.05, 0.1) is 53.7 Å². The van der Waals surface area contributed by atoms with Crippen LogP contribution in [0.2, 0.25) is 0 Å². The maximum atomic E-state index is 14.2. The summed E-state index contributed by atoms with van der Waals surface area (Å²) >= 11 is 0. The Morgan fingerprint density at radius 1 is 1.00 bits per heavy atom. The highest BCUT2D eigenvalue weighted by atomic mass is 16.7. The molecule has 0 aromatic rings. The Balaban J connectivity index is 2.18. The number of aliphatic hydroxyl groups excluding tert-OH is 2. The summed E-state index contributed by atoms with van der Waals surface area (Å²) in [5.74, 6) is -2.78. The largest absolute Gasteiger partial charge is 0.459 e. The van der Waals surface area contributed by atoms with Crippen LogP contribution in [0.5, 0.6) is 0 Å². The van der Waals surface area contributed by atoms with Gasteiger partial charge in [-0.05, 0) is 94.8 Å². The van der Waals surface area contributed by atoms with Gasteiger partial charge in [-0.15, -0.1) is 0 Å². The molecule has 3 aliphatic rings. The molecule has 0 bridgehead atoms. The second-order valence-electron chi connectivity index (χ2n) is 17.2. The number of cyclic esters (lactones) is 1. The number of ether oxygens (including phenoxy) is 6. The van der Waals surface area contributed by atoms with Crippen molar-refractivity contribution in [1.82, 2.24) is 9.80 Å². The lowest BCUT2D eigenvalue weighted by molar-refractivity contribution is -0.311. The highest BCUT2D eigenvalue weighted by Crippen LogP contribution is 2.39. The molecule has 0 aromatic heterocycles. The second kappa shape index (κ2) is 17.8. The van der Waals surface area contributed by atoms with Crippen LogP contribution in [0.4, 0.5) is 0 Å². The van der Waals surface area contributed by atoms with Crippen molar-refractivity contribution >= 4 is 5.97 Å². The molecule has 14 nitrogen and oxygen atoms in total. The number of methoxy groups -OCH3 is 1. The highest BCUT2D eigenvalue weighted by molar-refractivity contribution is 5.73. The summed E-state index contributed by atoms with van der Waals surface area (Å²) in [6.07, 6.45) is -6.65. The van der Waals surface area contributed by atoms with Crippen molar-refractivity contribution < 1.29 is 53.6 Å². The molecule has 0 spiro atoms. The molecule has 14 heteroatoms. The number of carbonyl (C=O) groups excluding carboxylic acids is 1. The van der Waals surface area contributed by atoms with Crippen LogP contribution in [0, 0.1) is 17.8 Å². The zero-order valence-corrected chi connectivity index (χ0v) is 34.3. The van der Waals surface area contributed by atoms with Gasteiger partial charge in [-0.2, -0.15) is 0 Å². The summed E-state index contributed by atoms with van der Waals surface area (Å²) in [7, 11) is 7.27. The Hall–Kier alpha value is -1.01. The van der Waals surface area contributed by atoms with E-state index in [1.807, 2.05) is 72.5 Å². The lowest BCUT2D eigenvalue weighted by atomic mass is 9.78. The molecule has 6 N–H and O–H groups in total. The molecular weight excluding hydrogens is 674 g/mol. The predicted molar refractivity (Wildman–Crippen MR) is 196 cm³/mol. The van der Waals surface area contributed by atoms with Crippen molar-refractivity contribution in [2.75, 3.05) is 34.8 Å². The van der Waals surface area contributed by atoms with Crippen LogP contribution in [0.3, 0.4) is 0 Å². The minimum atomic E-state index is -1.76. The summed E-state index contributed by atoms with van der Waals surface area (Å²) in [5.41, 5.74) is 2.37. The summed E-state index contributed by atoms with van der Waals surface area (Å²) in [6.45, 7) is 18.3. The molecule has 1 unspecified atom stereocenters. The fourth-order valence-corrected chi connectivity index (χ4v) is 8.68. The van der Waals surface area contributed by atoms with Crippen LogP contribution < -0.4 is 5.73 Å². The quantitative estimate of drug-likeness (QED) is 0.238. The Kier molecular flexibility index (Phi) is 15.6. The number of hydrogen-bond acceptors (Lipinski definition) is 14. The average Bonchev–Trinajstić information content (AvgIpc) is 3.06. The Morgan fingerprint density at radius 2 is 1.62 bits per heavy atom. The zero-order chi connectivity index (χ0) is 39.7. The van der Waals surface area contributed by atoms with E-state index >= 15 is 0 Å². The minimum absolute atomic E-state index is 0.212. The number of nitrogens with two attached hydrogens (primary N) is 1. The van der Waals surface area contributed by atoms with E-state index < -0.39 is 95.8 Å². The number of carbonyl (C=O) groups is 1. The predicted octanol–water partition coefficient (Wildman–Crippen LogP) is 1.87. The first kappa shape index (κ1) is 45.4. The van der Waals surface area contributed by atoms with Gasteiger partial charge in [0.25, 0.3) is 0 Å². The van der Waals surface area contributed by atoms with Crippen molar-refractivity contribution in [1.29, 1.82) is 0 Å². The third-order valence-corrected chi connectivity index (χ3v) is 12.4. The molecule has 0 aromatic carbocycles. The molecule has 0 saturated carbocycles. The summed E-state index contributed by atoms with van der Waals surface area (Å²) in [6, 6.07) is -0.938. The maximum Gasteiger partial charge on any atom is 0.311 e. The fourth-order valence-electron chi connectivity index (χ4n) is 8.68. The Bertz CT molecular complexity index is 1150. The minimum Gasteiger partial charge on any atom is -0.459 e. The van der Waals surface area contributed by atoms with Gasteiger partial charge in [-0.3, -0.25) is 4.79 Å². The number of aliphatic hydroxyl groups is 4. The number of rotatable bonds is 7. The first-order valence-corrected chi connectivity index (χ1v) is 19.2. The van der Waals surface area contributed by atoms with Crippen LogP contribution in [0.25, 0.3) is 0 Å². The molecule has 0 amide bonds. The van der Waals surface area contributed by atoms with Gasteiger partial charge >= 0.3 is 5.97 Å². The van der Waals surface area contributed by atoms with Crippen molar-refractivity contribution in [2.24, 2.45) is 23.5 Å². The monoisotopic (exact) mass is 748 g/mol. The second-order valence-corrected chi connectivity index (χ2v) is 17.2. The van der Waals surface area contributed by atoms with E-state index in [0.29, 0.717) is 13.0 Å². The van der Waals surface area contributed by atoms with Crippen molar-refractivity contribution in [3.63, 3.8) is 0 Å². The van der Waals surface area contributed by atoms with E-state index in [1.54, 1.807) is 27.9 Å². The van der Waals surface area contributed by atoms with Gasteiger partial charge in [0.2, 0.25) is 0 Å². The third-order valence-electron chi connectivity index (χ3n) is 12.4. The van der Waals surface area contributed by atoms with E-state index in [4.69, 9.17) is 34.2 Å². The highest BCUT2D eigenvalue weighted by Gasteiger charge is 2.52. The summed E-state index contributed by atoms with van der Waals surface area (Å²) in [4.78, 5) is 18.2. The van der Waals surface area contributed by atoms with Gasteiger partial charge < -0.3 is 64.4 Å². The molecule has 3 aliphatic heterocycles. The molecule has 0 radical (unpaired) electrons. The number of nitrogens with zero attached hydrogens (tertiary/aromatic N) is 2. The average molecular weight is 748 g/mol. The van der Waals surface area contributed by atoms with Crippen molar-refractivity contribution in [2.45, 2.75) is 185 Å². The standard InChI is InChI=1S/C38H73N3O11/c1-15-27-38(10,46)32(43)20(2)19-41(13)21(3)17-36(8,45)33(52-35-29(42)26(40(11)12)16-22(4)48-35)23(5)30(24(6)34(44)50-27)51-28-18-37(9,47-14)31(39)25(7)49-28/h20-33,35,42-43,45-46H,15-19,39H2,1-14H3/t20-,21+,22+,23-,24+,25-,26-,27+,28-,29+,30-,31?,32+,33+,35-,36+,37+,38+/m0/s1. The van der Waals surface area contributed by atoms with Gasteiger partial charge in [0.15, 0.2) is 12.6 Å². The van der Waals surface area contributed by atoms with Crippen molar-refractivity contribution in [3.8, 4) is 0 Å². The van der Waals surface area contributed by atoms with Crippen LogP contribution >= 0.6 is 0 Å². The van der Waals surface area contributed by atoms with Gasteiger partial charge in [-0.25, -0.2) is 0 Å². The Labute approximate surface area is 312 Å². The molecule has 3 heterocycles. The zero-order valence-electron chi connectivity index (χ0n) is 34.3. The lowest BCUT2D eigenvalue weighted by Crippen LogP contribution is -2.62. The first-order chi connectivity index (χ1) is 23.9. The van der Waals surface area contributed by atoms with Gasteiger partial charge in [0, 0.05) is 38.1 Å². The molecule has 0 aliphatic carbocycles. The number of esters is 1. The molecule has 3 fully saturated rings. The van der Waals surface area contributed by atoms with Crippen LogP contribution in [0.1, 0.15) is 94.9 Å². The number of hydrogen-bond donors (Lipinski definition) is 5. The van der Waals surface area contributed by atoms with E-state index in [2.05, 4.69) is 0 Å². The topological polar surface area (TPSA) is 186 Å². The summed E-state index contributed by atoms with van der Waals surface area (Å²) in [5, 5.41) is 47.2. The molecule has 3 rings (SSSR count). The van der Waals surface area contributed by atoms with Gasteiger partial charge in [-0.1, -0.05) is 20.8 Å². The number of likely N-dealkylation sites (N-methyl/N-ethyl adjacent to an activating group) is 1. The van der Waals surface area contributed by atoms with E-state index in [9.17, 15) is 25.2 Å². The Morgan fingerprint density at radius 3 is 2.17 bits per heavy atom. The van der Waals surface area contributed by atoms with Crippen LogP contribution in [-0.2, 0) is 33.2 Å². The van der Waals surface area contributed by atoms with Crippen LogP contribution in [-0.4, -0.2) is 161 Å². The molecule has 306 valence electrons. The van der Waals surface area contributed by atoms with E-state index in [-0.39, 0.29) is 37.5 Å². The smallest absolute Gasteiger partial charge is 0.311 e. The molecular formula is C38H73N3O11. The fraction of sp³-hybridized carbons (Fsp3) is 0.974. The molecule has 3 saturated heterocycles. The third kappa shape index (κ3) is 10.0. The maximum absolute atomic E-state index is 14.2. The first-order valence-electron chi connectivity index (χ1n) is 19.2.